The molecule has 0 fully saturated rings. The highest BCUT2D eigenvalue weighted by molar-refractivity contribution is 7.12. The predicted octanol–water partition coefficient (Wildman–Crippen LogP) is 6.02. The van der Waals surface area contributed by atoms with Crippen molar-refractivity contribution >= 4 is 44.9 Å². The molecule has 172 valence electrons. The van der Waals surface area contributed by atoms with E-state index in [1.165, 1.54) is 10.9 Å². The van der Waals surface area contributed by atoms with Crippen LogP contribution < -0.4 is 10.9 Å². The second-order valence-electron chi connectivity index (χ2n) is 8.72. The Kier molecular flexibility index (Phi) is 5.32. The van der Waals surface area contributed by atoms with Gasteiger partial charge in [-0.3, -0.25) is 4.79 Å². The number of carbonyl (C=O) groups excluding carboxylic acids is 1. The minimum Gasteiger partial charge on any atom is -0.423 e. The fourth-order valence-electron chi connectivity index (χ4n) is 4.21. The number of anilines is 1. The molecule has 0 bridgehead atoms. The lowest BCUT2D eigenvalue weighted by Gasteiger charge is -2.11. The van der Waals surface area contributed by atoms with Gasteiger partial charge in [0.25, 0.3) is 5.91 Å². The van der Waals surface area contributed by atoms with Crippen molar-refractivity contribution in [2.45, 2.75) is 40.7 Å². The number of carbonyl (C=O) groups is 1. The van der Waals surface area contributed by atoms with Gasteiger partial charge >= 0.3 is 5.63 Å². The van der Waals surface area contributed by atoms with Crippen molar-refractivity contribution in [3.05, 3.63) is 73.9 Å². The summed E-state index contributed by atoms with van der Waals surface area (Å²) in [5, 5.41) is 8.96. The third kappa shape index (κ3) is 3.80. The highest BCUT2D eigenvalue weighted by Gasteiger charge is 2.20. The number of nitrogens with one attached hydrogen (secondary N) is 1. The number of thiophene rings is 1. The van der Waals surface area contributed by atoms with Gasteiger partial charge < -0.3 is 9.73 Å². The molecule has 5 aromatic rings. The molecule has 0 aliphatic heterocycles. The van der Waals surface area contributed by atoms with Crippen molar-refractivity contribution in [3.8, 4) is 11.3 Å². The Labute approximate surface area is 200 Å². The third-order valence-corrected chi connectivity index (χ3v) is 6.79. The van der Waals surface area contributed by atoms with Crippen molar-refractivity contribution in [1.82, 2.24) is 14.8 Å². The normalized spacial score (nSPS) is 11.6. The van der Waals surface area contributed by atoms with Crippen LogP contribution in [-0.4, -0.2) is 20.7 Å². The first-order valence-electron chi connectivity index (χ1n) is 11.0. The maximum atomic E-state index is 13.5. The molecule has 0 aliphatic rings. The first kappa shape index (κ1) is 22.0. The van der Waals surface area contributed by atoms with Gasteiger partial charge in [-0.25, -0.2) is 14.5 Å². The molecule has 1 N–H and O–H groups in total. The Morgan fingerprint density at radius 1 is 1.09 bits per heavy atom. The fraction of sp³-hybridized carbons (Fsp3) is 0.231. The standard InChI is InChI=1S/C26H24N4O3S/c1-13(2)30-25-21(12-27-30)20(11-22(29-25)19-9-15(4)34-16(19)5)26(32)28-17-6-7-18-14(3)8-24(31)33-23(18)10-17/h6-13H,1-5H3,(H,28,32). The number of nitrogens with zero attached hydrogens (tertiary/aromatic N) is 3. The maximum Gasteiger partial charge on any atom is 0.336 e. The number of aryl methyl sites for hydroxylation is 3. The van der Waals surface area contributed by atoms with Crippen molar-refractivity contribution in [1.29, 1.82) is 0 Å². The first-order chi connectivity index (χ1) is 16.2. The van der Waals surface area contributed by atoms with E-state index in [1.807, 2.05) is 37.6 Å². The maximum absolute atomic E-state index is 13.5. The number of rotatable bonds is 4. The number of hydrogen-bond acceptors (Lipinski definition) is 6. The molecule has 5 rings (SSSR count). The van der Waals surface area contributed by atoms with Gasteiger partial charge in [0.15, 0.2) is 5.65 Å². The summed E-state index contributed by atoms with van der Waals surface area (Å²) >= 11 is 1.70. The molecule has 0 atom stereocenters. The van der Waals surface area contributed by atoms with E-state index in [0.717, 1.165) is 27.1 Å². The van der Waals surface area contributed by atoms with Crippen molar-refractivity contribution in [3.63, 3.8) is 0 Å². The molecule has 0 unspecified atom stereocenters. The highest BCUT2D eigenvalue weighted by Crippen LogP contribution is 2.33. The number of hydrogen-bond donors (Lipinski definition) is 1. The summed E-state index contributed by atoms with van der Waals surface area (Å²) < 4.78 is 7.16. The first-order valence-corrected chi connectivity index (χ1v) is 11.8. The van der Waals surface area contributed by atoms with E-state index in [1.54, 1.807) is 29.7 Å². The lowest BCUT2D eigenvalue weighted by Crippen LogP contribution is -2.13. The summed E-state index contributed by atoms with van der Waals surface area (Å²) in [6.07, 6.45) is 1.69. The topological polar surface area (TPSA) is 90.0 Å². The van der Waals surface area contributed by atoms with E-state index >= 15 is 0 Å². The van der Waals surface area contributed by atoms with Crippen LogP contribution in [0.2, 0.25) is 0 Å². The zero-order chi connectivity index (χ0) is 24.1. The molecule has 34 heavy (non-hydrogen) atoms. The molecule has 0 aliphatic carbocycles. The number of amides is 1. The third-order valence-electron chi connectivity index (χ3n) is 5.83. The summed E-state index contributed by atoms with van der Waals surface area (Å²) in [5.74, 6) is -0.282. The molecular weight excluding hydrogens is 448 g/mol. The van der Waals surface area contributed by atoms with E-state index < -0.39 is 5.63 Å². The molecule has 1 amide bonds. The summed E-state index contributed by atoms with van der Waals surface area (Å²) in [6.45, 7) is 10.0. The Bertz CT molecular complexity index is 1640. The molecule has 0 saturated carbocycles. The smallest absolute Gasteiger partial charge is 0.336 e. The Hall–Kier alpha value is -3.78. The van der Waals surface area contributed by atoms with Gasteiger partial charge in [-0.1, -0.05) is 0 Å². The lowest BCUT2D eigenvalue weighted by atomic mass is 10.1. The van der Waals surface area contributed by atoms with Gasteiger partial charge in [0, 0.05) is 44.6 Å². The SMILES string of the molecule is Cc1cc(-c2cc(C(=O)Nc3ccc4c(C)cc(=O)oc4c3)c3cnn(C(C)C)c3n2)c(C)s1. The van der Waals surface area contributed by atoms with E-state index in [-0.39, 0.29) is 11.9 Å². The van der Waals surface area contributed by atoms with Gasteiger partial charge in [-0.05, 0) is 64.4 Å². The summed E-state index contributed by atoms with van der Waals surface area (Å²) in [5.41, 5.74) is 4.28. The van der Waals surface area contributed by atoms with Gasteiger partial charge in [0.1, 0.15) is 5.58 Å². The molecule has 1 aromatic carbocycles. The van der Waals surface area contributed by atoms with Crippen LogP contribution in [0, 0.1) is 20.8 Å². The Morgan fingerprint density at radius 2 is 1.88 bits per heavy atom. The second-order valence-corrected chi connectivity index (χ2v) is 10.2. The quantitative estimate of drug-likeness (QED) is 0.323. The van der Waals surface area contributed by atoms with Crippen LogP contribution in [0.5, 0.6) is 0 Å². The van der Waals surface area contributed by atoms with E-state index in [9.17, 15) is 9.59 Å². The van der Waals surface area contributed by atoms with Crippen molar-refractivity contribution in [2.24, 2.45) is 0 Å². The molecule has 0 radical (unpaired) electrons. The van der Waals surface area contributed by atoms with Crippen LogP contribution in [0.3, 0.4) is 0 Å². The minimum atomic E-state index is -0.420. The van der Waals surface area contributed by atoms with E-state index in [0.29, 0.717) is 27.9 Å². The van der Waals surface area contributed by atoms with Crippen molar-refractivity contribution in [2.75, 3.05) is 5.32 Å². The number of fused-ring (bicyclic) bond motifs is 2. The van der Waals surface area contributed by atoms with Gasteiger partial charge in [0.05, 0.1) is 22.8 Å². The lowest BCUT2D eigenvalue weighted by molar-refractivity contribution is 0.102. The Balaban J connectivity index is 1.62. The zero-order valence-electron chi connectivity index (χ0n) is 19.6. The molecular formula is C26H24N4O3S. The summed E-state index contributed by atoms with van der Waals surface area (Å²) in [7, 11) is 0. The predicted molar refractivity (Wildman–Crippen MR) is 136 cm³/mol. The Morgan fingerprint density at radius 3 is 2.59 bits per heavy atom. The van der Waals surface area contributed by atoms with E-state index in [2.05, 4.69) is 30.3 Å². The second kappa shape index (κ2) is 8.22. The van der Waals surface area contributed by atoms with Crippen LogP contribution in [0.25, 0.3) is 33.3 Å². The molecule has 7 nitrogen and oxygen atoms in total. The molecule has 4 aromatic heterocycles. The molecule has 0 saturated heterocycles. The highest BCUT2D eigenvalue weighted by atomic mass is 32.1. The molecule has 0 spiro atoms. The average molecular weight is 473 g/mol. The largest absolute Gasteiger partial charge is 0.423 e. The van der Waals surface area contributed by atoms with Crippen molar-refractivity contribution < 1.29 is 9.21 Å². The zero-order valence-corrected chi connectivity index (χ0v) is 20.4. The summed E-state index contributed by atoms with van der Waals surface area (Å²) in [6, 6.07) is 10.8. The molecule has 8 heteroatoms. The van der Waals surface area contributed by atoms with Crippen LogP contribution in [0.4, 0.5) is 5.69 Å². The van der Waals surface area contributed by atoms with Gasteiger partial charge in [-0.15, -0.1) is 11.3 Å². The summed E-state index contributed by atoms with van der Waals surface area (Å²) in [4.78, 5) is 32.5. The van der Waals surface area contributed by atoms with Crippen LogP contribution >= 0.6 is 11.3 Å². The molecule has 4 heterocycles. The minimum absolute atomic E-state index is 0.0908. The van der Waals surface area contributed by atoms with Gasteiger partial charge in [-0.2, -0.15) is 5.10 Å². The fourth-order valence-corrected chi connectivity index (χ4v) is 5.14. The number of aromatic nitrogens is 3. The number of benzene rings is 1. The van der Waals surface area contributed by atoms with Crippen LogP contribution in [-0.2, 0) is 0 Å². The average Bonchev–Trinajstić information content (AvgIpc) is 3.35. The van der Waals surface area contributed by atoms with Gasteiger partial charge in [0.2, 0.25) is 0 Å². The number of pyridine rings is 1. The monoisotopic (exact) mass is 472 g/mol. The van der Waals surface area contributed by atoms with Crippen LogP contribution in [0.15, 0.2) is 51.8 Å². The van der Waals surface area contributed by atoms with E-state index in [4.69, 9.17) is 9.40 Å². The van der Waals surface area contributed by atoms with Crippen LogP contribution in [0.1, 0.15) is 45.6 Å².